The summed E-state index contributed by atoms with van der Waals surface area (Å²) in [6, 6.07) is 1.85. The summed E-state index contributed by atoms with van der Waals surface area (Å²) in [6.07, 6.45) is 2.27. The van der Waals surface area contributed by atoms with Gasteiger partial charge in [0.2, 0.25) is 0 Å². The standard InChI is InChI=1S/C10H11NO3/c1-2-14-10(13)9(6-11)7-3-4-8(12)5-7/h5,9H,2-4H2,1H3. The fraction of sp³-hybridized carbons (Fsp3) is 0.500. The van der Waals surface area contributed by atoms with Gasteiger partial charge in [-0.1, -0.05) is 0 Å². The Morgan fingerprint density at radius 3 is 2.86 bits per heavy atom. The lowest BCUT2D eigenvalue weighted by molar-refractivity contribution is -0.144. The van der Waals surface area contributed by atoms with Crippen LogP contribution in [0.2, 0.25) is 0 Å². The maximum absolute atomic E-state index is 11.3. The molecule has 0 saturated carbocycles. The number of carbonyl (C=O) groups is 2. The van der Waals surface area contributed by atoms with Crippen molar-refractivity contribution in [2.24, 2.45) is 5.92 Å². The first kappa shape index (κ1) is 10.5. The van der Waals surface area contributed by atoms with E-state index < -0.39 is 11.9 Å². The van der Waals surface area contributed by atoms with Crippen LogP contribution < -0.4 is 0 Å². The lowest BCUT2D eigenvalue weighted by Crippen LogP contribution is -2.17. The van der Waals surface area contributed by atoms with E-state index in [-0.39, 0.29) is 12.4 Å². The summed E-state index contributed by atoms with van der Waals surface area (Å²) in [5, 5.41) is 8.77. The van der Waals surface area contributed by atoms with Crippen LogP contribution in [-0.4, -0.2) is 18.4 Å². The minimum atomic E-state index is -0.901. The first-order chi connectivity index (χ1) is 6.69. The zero-order chi connectivity index (χ0) is 10.6. The molecular weight excluding hydrogens is 182 g/mol. The molecule has 1 rings (SSSR count). The second kappa shape index (κ2) is 4.56. The Morgan fingerprint density at radius 1 is 1.71 bits per heavy atom. The predicted molar refractivity (Wildman–Crippen MR) is 48.1 cm³/mol. The second-order valence-corrected chi connectivity index (χ2v) is 3.00. The van der Waals surface area contributed by atoms with Gasteiger partial charge in [0.1, 0.15) is 0 Å². The Balaban J connectivity index is 2.73. The van der Waals surface area contributed by atoms with E-state index in [9.17, 15) is 9.59 Å². The molecule has 1 aliphatic carbocycles. The van der Waals surface area contributed by atoms with Crippen molar-refractivity contribution in [1.29, 1.82) is 5.26 Å². The smallest absolute Gasteiger partial charge is 0.327 e. The van der Waals surface area contributed by atoms with Gasteiger partial charge in [0.05, 0.1) is 12.7 Å². The average molecular weight is 193 g/mol. The van der Waals surface area contributed by atoms with Crippen LogP contribution in [0.4, 0.5) is 0 Å². The largest absolute Gasteiger partial charge is 0.465 e. The molecule has 0 saturated heterocycles. The molecule has 14 heavy (non-hydrogen) atoms. The molecule has 0 fully saturated rings. The van der Waals surface area contributed by atoms with Crippen molar-refractivity contribution in [2.75, 3.05) is 6.61 Å². The van der Waals surface area contributed by atoms with Crippen LogP contribution >= 0.6 is 0 Å². The van der Waals surface area contributed by atoms with Crippen molar-refractivity contribution < 1.29 is 14.3 Å². The molecule has 4 nitrogen and oxygen atoms in total. The molecule has 1 unspecified atom stereocenters. The monoisotopic (exact) mass is 193 g/mol. The summed E-state index contributed by atoms with van der Waals surface area (Å²) in [5.41, 5.74) is 0.580. The highest BCUT2D eigenvalue weighted by molar-refractivity contribution is 5.95. The topological polar surface area (TPSA) is 67.2 Å². The van der Waals surface area contributed by atoms with E-state index in [1.165, 1.54) is 6.08 Å². The Kier molecular flexibility index (Phi) is 3.41. The molecule has 1 aliphatic rings. The molecule has 0 aromatic carbocycles. The molecule has 1 atom stereocenters. The highest BCUT2D eigenvalue weighted by Gasteiger charge is 2.27. The first-order valence-corrected chi connectivity index (χ1v) is 4.48. The van der Waals surface area contributed by atoms with Crippen LogP contribution in [0.15, 0.2) is 11.6 Å². The molecule has 0 radical (unpaired) electrons. The lowest BCUT2D eigenvalue weighted by Gasteiger charge is -2.08. The van der Waals surface area contributed by atoms with E-state index in [0.29, 0.717) is 18.4 Å². The number of carbonyl (C=O) groups excluding carboxylic acids is 2. The molecule has 0 aromatic rings. The fourth-order valence-electron chi connectivity index (χ4n) is 1.36. The number of hydrogen-bond donors (Lipinski definition) is 0. The zero-order valence-electron chi connectivity index (χ0n) is 7.95. The Bertz CT molecular complexity index is 325. The zero-order valence-corrected chi connectivity index (χ0v) is 7.95. The Morgan fingerprint density at radius 2 is 2.43 bits per heavy atom. The van der Waals surface area contributed by atoms with Crippen LogP contribution in [0, 0.1) is 17.2 Å². The van der Waals surface area contributed by atoms with Gasteiger partial charge >= 0.3 is 5.97 Å². The molecule has 0 amide bonds. The van der Waals surface area contributed by atoms with E-state index in [2.05, 4.69) is 0 Å². The molecule has 0 spiro atoms. The molecule has 0 aromatic heterocycles. The number of allylic oxidation sites excluding steroid dienone is 1. The van der Waals surface area contributed by atoms with Gasteiger partial charge in [0.15, 0.2) is 11.7 Å². The third-order valence-corrected chi connectivity index (χ3v) is 2.03. The predicted octanol–water partition coefficient (Wildman–Crippen LogP) is 0.979. The maximum atomic E-state index is 11.3. The van der Waals surface area contributed by atoms with Gasteiger partial charge in [-0.2, -0.15) is 5.26 Å². The first-order valence-electron chi connectivity index (χ1n) is 4.48. The van der Waals surface area contributed by atoms with Crippen LogP contribution in [0.5, 0.6) is 0 Å². The van der Waals surface area contributed by atoms with E-state index in [4.69, 9.17) is 10.00 Å². The van der Waals surface area contributed by atoms with Crippen molar-refractivity contribution in [3.63, 3.8) is 0 Å². The number of esters is 1. The minimum Gasteiger partial charge on any atom is -0.465 e. The van der Waals surface area contributed by atoms with Gasteiger partial charge in [0.25, 0.3) is 0 Å². The second-order valence-electron chi connectivity index (χ2n) is 3.00. The summed E-state index contributed by atoms with van der Waals surface area (Å²) in [6.45, 7) is 1.93. The highest BCUT2D eigenvalue weighted by atomic mass is 16.5. The van der Waals surface area contributed by atoms with Crippen LogP contribution in [0.1, 0.15) is 19.8 Å². The maximum Gasteiger partial charge on any atom is 0.327 e. The Labute approximate surface area is 82.2 Å². The number of ketones is 1. The fourth-order valence-corrected chi connectivity index (χ4v) is 1.36. The van der Waals surface area contributed by atoms with Crippen LogP contribution in [0.25, 0.3) is 0 Å². The SMILES string of the molecule is CCOC(=O)C(C#N)C1=CC(=O)CC1. The van der Waals surface area contributed by atoms with Crippen molar-refractivity contribution >= 4 is 11.8 Å². The summed E-state index contributed by atoms with van der Waals surface area (Å²) in [4.78, 5) is 22.2. The highest BCUT2D eigenvalue weighted by Crippen LogP contribution is 2.23. The molecular formula is C10H11NO3. The third-order valence-electron chi connectivity index (χ3n) is 2.03. The normalized spacial score (nSPS) is 17.1. The third kappa shape index (κ3) is 2.19. The van der Waals surface area contributed by atoms with Crippen molar-refractivity contribution in [3.8, 4) is 6.07 Å². The van der Waals surface area contributed by atoms with Gasteiger partial charge in [0, 0.05) is 6.42 Å². The van der Waals surface area contributed by atoms with E-state index in [1.54, 1.807) is 6.92 Å². The van der Waals surface area contributed by atoms with E-state index in [0.717, 1.165) is 0 Å². The summed E-state index contributed by atoms with van der Waals surface area (Å²) in [5.74, 6) is -1.48. The molecule has 0 N–H and O–H groups in total. The molecule has 4 heteroatoms. The van der Waals surface area contributed by atoms with Gasteiger partial charge in [-0.15, -0.1) is 0 Å². The number of rotatable bonds is 3. The van der Waals surface area contributed by atoms with Crippen LogP contribution in [0.3, 0.4) is 0 Å². The quantitative estimate of drug-likeness (QED) is 0.626. The molecule has 0 aliphatic heterocycles. The van der Waals surface area contributed by atoms with Crippen LogP contribution in [-0.2, 0) is 14.3 Å². The lowest BCUT2D eigenvalue weighted by atomic mass is 10.0. The molecule has 0 bridgehead atoms. The van der Waals surface area contributed by atoms with Gasteiger partial charge < -0.3 is 4.74 Å². The Hall–Kier alpha value is -1.63. The summed E-state index contributed by atoms with van der Waals surface area (Å²) < 4.78 is 4.73. The number of nitriles is 1. The summed E-state index contributed by atoms with van der Waals surface area (Å²) >= 11 is 0. The van der Waals surface area contributed by atoms with Crippen molar-refractivity contribution in [3.05, 3.63) is 11.6 Å². The number of ether oxygens (including phenoxy) is 1. The van der Waals surface area contributed by atoms with Crippen molar-refractivity contribution in [2.45, 2.75) is 19.8 Å². The van der Waals surface area contributed by atoms with Gasteiger partial charge in [-0.3, -0.25) is 9.59 Å². The summed E-state index contributed by atoms with van der Waals surface area (Å²) in [7, 11) is 0. The number of nitrogens with zero attached hydrogens (tertiary/aromatic N) is 1. The van der Waals surface area contributed by atoms with Gasteiger partial charge in [-0.05, 0) is 25.0 Å². The van der Waals surface area contributed by atoms with Gasteiger partial charge in [-0.25, -0.2) is 0 Å². The molecule has 0 heterocycles. The van der Waals surface area contributed by atoms with E-state index >= 15 is 0 Å². The minimum absolute atomic E-state index is 0.0236. The van der Waals surface area contributed by atoms with E-state index in [1.807, 2.05) is 6.07 Å². The number of hydrogen-bond acceptors (Lipinski definition) is 4. The van der Waals surface area contributed by atoms with Crippen molar-refractivity contribution in [1.82, 2.24) is 0 Å². The molecule has 74 valence electrons. The average Bonchev–Trinajstić information content (AvgIpc) is 2.54.